The molecule has 9 heteroatoms. The number of nitrogens with zero attached hydrogens (tertiary/aromatic N) is 7. The highest BCUT2D eigenvalue weighted by atomic mass is 16.2. The number of aromatic nitrogens is 5. The van der Waals surface area contributed by atoms with Crippen molar-refractivity contribution in [3.63, 3.8) is 0 Å². The third-order valence-corrected chi connectivity index (χ3v) is 5.95. The van der Waals surface area contributed by atoms with E-state index in [2.05, 4.69) is 20.0 Å². The summed E-state index contributed by atoms with van der Waals surface area (Å²) in [4.78, 5) is 38.2. The molecule has 2 aliphatic heterocycles. The molecule has 0 radical (unpaired) electrons. The third-order valence-electron chi connectivity index (χ3n) is 5.95. The number of piperidine rings is 1. The fraction of sp³-hybridized carbons (Fsp3) is 0.450. The van der Waals surface area contributed by atoms with Gasteiger partial charge < -0.3 is 14.4 Å². The molecule has 5 heterocycles. The molecule has 9 nitrogen and oxygen atoms in total. The first-order valence-electron chi connectivity index (χ1n) is 9.84. The SMILES string of the molecule is CN(C)C[C@H]1[C@H]2C[C@H](CN(C(=O)c3nc4ncccn4n3)C2)c2cccc(=O)n21. The maximum Gasteiger partial charge on any atom is 0.293 e. The molecule has 0 spiro atoms. The molecule has 0 unspecified atom stereocenters. The highest BCUT2D eigenvalue weighted by Crippen LogP contribution is 2.41. The van der Waals surface area contributed by atoms with Crippen LogP contribution in [0.5, 0.6) is 0 Å². The molecule has 29 heavy (non-hydrogen) atoms. The highest BCUT2D eigenvalue weighted by molar-refractivity contribution is 5.91. The first kappa shape index (κ1) is 18.0. The molecule has 3 aromatic heterocycles. The van der Waals surface area contributed by atoms with Gasteiger partial charge in [0.2, 0.25) is 5.82 Å². The van der Waals surface area contributed by atoms with E-state index >= 15 is 0 Å². The van der Waals surface area contributed by atoms with Crippen LogP contribution >= 0.6 is 0 Å². The Kier molecular flexibility index (Phi) is 4.20. The zero-order valence-corrected chi connectivity index (χ0v) is 16.5. The maximum absolute atomic E-state index is 13.2. The fourth-order valence-electron chi connectivity index (χ4n) is 4.78. The van der Waals surface area contributed by atoms with Crippen molar-refractivity contribution in [3.8, 4) is 0 Å². The summed E-state index contributed by atoms with van der Waals surface area (Å²) in [6.45, 7) is 1.92. The molecule has 1 fully saturated rings. The molecule has 2 bridgehead atoms. The van der Waals surface area contributed by atoms with Gasteiger partial charge in [-0.05, 0) is 38.6 Å². The van der Waals surface area contributed by atoms with E-state index in [1.54, 1.807) is 24.5 Å². The van der Waals surface area contributed by atoms with E-state index in [1.165, 1.54) is 4.52 Å². The van der Waals surface area contributed by atoms with Crippen LogP contribution in [0.1, 0.15) is 34.7 Å². The van der Waals surface area contributed by atoms with E-state index in [1.807, 2.05) is 35.7 Å². The standard InChI is InChI=1S/C20H23N7O2/c1-24(2)12-16-14-9-13(15-5-3-6-17(28)27(15)16)10-25(11-14)19(29)18-22-20-21-7-4-8-26(20)23-18/h3-8,13-14,16H,9-12H2,1-2H3/t13-,14+,16+/m1/s1. The number of rotatable bonds is 3. The summed E-state index contributed by atoms with van der Waals surface area (Å²) >= 11 is 0. The third kappa shape index (κ3) is 3.02. The van der Waals surface area contributed by atoms with Crippen molar-refractivity contribution < 1.29 is 4.79 Å². The molecule has 1 amide bonds. The summed E-state index contributed by atoms with van der Waals surface area (Å²) in [5.74, 6) is 0.747. The van der Waals surface area contributed by atoms with Gasteiger partial charge in [0.05, 0.1) is 6.04 Å². The Balaban J connectivity index is 1.50. The number of hydrogen-bond acceptors (Lipinski definition) is 6. The Morgan fingerprint density at radius 2 is 2.10 bits per heavy atom. The lowest BCUT2D eigenvalue weighted by Crippen LogP contribution is -2.53. The van der Waals surface area contributed by atoms with Crippen molar-refractivity contribution in [1.29, 1.82) is 0 Å². The molecule has 3 atom stereocenters. The number of likely N-dealkylation sites (N-methyl/N-ethyl adjacent to an activating group) is 1. The van der Waals surface area contributed by atoms with E-state index in [0.717, 1.165) is 18.7 Å². The lowest BCUT2D eigenvalue weighted by atomic mass is 9.78. The second-order valence-electron chi connectivity index (χ2n) is 8.19. The highest BCUT2D eigenvalue weighted by Gasteiger charge is 2.42. The van der Waals surface area contributed by atoms with Gasteiger partial charge in [-0.2, -0.15) is 4.98 Å². The number of amides is 1. The van der Waals surface area contributed by atoms with Crippen LogP contribution in [0.25, 0.3) is 5.78 Å². The van der Waals surface area contributed by atoms with Crippen LogP contribution in [0.3, 0.4) is 0 Å². The molecule has 1 saturated heterocycles. The van der Waals surface area contributed by atoms with Gasteiger partial charge in [0.15, 0.2) is 0 Å². The van der Waals surface area contributed by atoms with E-state index in [9.17, 15) is 9.59 Å². The zero-order chi connectivity index (χ0) is 20.1. The molecule has 3 aromatic rings. The largest absolute Gasteiger partial charge is 0.335 e. The normalized spacial score (nSPS) is 23.4. The summed E-state index contributed by atoms with van der Waals surface area (Å²) in [6, 6.07) is 7.26. The van der Waals surface area contributed by atoms with Gasteiger partial charge in [0.25, 0.3) is 17.2 Å². The summed E-state index contributed by atoms with van der Waals surface area (Å²) in [6.07, 6.45) is 4.34. The summed E-state index contributed by atoms with van der Waals surface area (Å²) in [5.41, 5.74) is 1.06. The van der Waals surface area contributed by atoms with Gasteiger partial charge in [-0.3, -0.25) is 9.59 Å². The Labute approximate surface area is 167 Å². The fourth-order valence-corrected chi connectivity index (χ4v) is 4.78. The number of fused-ring (bicyclic) bond motifs is 5. The number of pyridine rings is 1. The van der Waals surface area contributed by atoms with Crippen LogP contribution < -0.4 is 5.56 Å². The van der Waals surface area contributed by atoms with Crippen LogP contribution in [0, 0.1) is 5.92 Å². The molecule has 0 aliphatic carbocycles. The number of carbonyl (C=O) groups excluding carboxylic acids is 1. The monoisotopic (exact) mass is 393 g/mol. The van der Waals surface area contributed by atoms with Gasteiger partial charge in [-0.1, -0.05) is 6.07 Å². The van der Waals surface area contributed by atoms with Gasteiger partial charge in [-0.25, -0.2) is 9.50 Å². The first-order valence-corrected chi connectivity index (χ1v) is 9.84. The summed E-state index contributed by atoms with van der Waals surface area (Å²) < 4.78 is 3.47. The molecule has 5 rings (SSSR count). The minimum atomic E-state index is -0.180. The van der Waals surface area contributed by atoms with Crippen LogP contribution in [-0.4, -0.2) is 73.6 Å². The molecular formula is C20H23N7O2. The number of hydrogen-bond donors (Lipinski definition) is 0. The minimum Gasteiger partial charge on any atom is -0.335 e. The number of carbonyl (C=O) groups is 1. The molecule has 0 N–H and O–H groups in total. The smallest absolute Gasteiger partial charge is 0.293 e. The maximum atomic E-state index is 13.2. The summed E-state index contributed by atoms with van der Waals surface area (Å²) in [5, 5.41) is 4.30. The van der Waals surface area contributed by atoms with Crippen molar-refractivity contribution in [3.05, 3.63) is 58.5 Å². The molecule has 0 aromatic carbocycles. The van der Waals surface area contributed by atoms with Gasteiger partial charge in [0, 0.05) is 49.7 Å². The molecule has 2 aliphatic rings. The minimum absolute atomic E-state index is 0.0382. The van der Waals surface area contributed by atoms with Crippen LogP contribution in [0.2, 0.25) is 0 Å². The van der Waals surface area contributed by atoms with Crippen LogP contribution in [0.15, 0.2) is 41.5 Å². The second kappa shape index (κ2) is 6.77. The van der Waals surface area contributed by atoms with E-state index < -0.39 is 0 Å². The predicted octanol–water partition coefficient (Wildman–Crippen LogP) is 0.648. The average molecular weight is 393 g/mol. The Morgan fingerprint density at radius 3 is 2.90 bits per heavy atom. The van der Waals surface area contributed by atoms with E-state index in [4.69, 9.17) is 0 Å². The van der Waals surface area contributed by atoms with Crippen LogP contribution in [-0.2, 0) is 0 Å². The first-order chi connectivity index (χ1) is 14.0. The number of likely N-dealkylation sites (tertiary alicyclic amines) is 1. The van der Waals surface area contributed by atoms with E-state index in [-0.39, 0.29) is 35.2 Å². The van der Waals surface area contributed by atoms with Gasteiger partial charge >= 0.3 is 0 Å². The quantitative estimate of drug-likeness (QED) is 0.649. The Morgan fingerprint density at radius 1 is 1.24 bits per heavy atom. The Hall–Kier alpha value is -3.07. The second-order valence-corrected chi connectivity index (χ2v) is 8.19. The van der Waals surface area contributed by atoms with Crippen LogP contribution in [0.4, 0.5) is 0 Å². The van der Waals surface area contributed by atoms with Crippen molar-refractivity contribution >= 4 is 11.7 Å². The van der Waals surface area contributed by atoms with Gasteiger partial charge in [0.1, 0.15) is 0 Å². The van der Waals surface area contributed by atoms with Crippen molar-refractivity contribution in [1.82, 2.24) is 33.9 Å². The summed E-state index contributed by atoms with van der Waals surface area (Å²) in [7, 11) is 4.03. The van der Waals surface area contributed by atoms with Crippen molar-refractivity contribution in [2.45, 2.75) is 18.4 Å². The molecular weight excluding hydrogens is 370 g/mol. The zero-order valence-electron chi connectivity index (χ0n) is 16.5. The topological polar surface area (TPSA) is 88.6 Å². The van der Waals surface area contributed by atoms with Crippen molar-refractivity contribution in [2.75, 3.05) is 33.7 Å². The molecule has 0 saturated carbocycles. The lowest BCUT2D eigenvalue weighted by molar-refractivity contribution is 0.0488. The lowest BCUT2D eigenvalue weighted by Gasteiger charge is -2.47. The van der Waals surface area contributed by atoms with E-state index in [0.29, 0.717) is 18.9 Å². The average Bonchev–Trinajstić information content (AvgIpc) is 3.14. The Bertz CT molecular complexity index is 1100. The predicted molar refractivity (Wildman–Crippen MR) is 106 cm³/mol. The van der Waals surface area contributed by atoms with Crippen molar-refractivity contribution in [2.24, 2.45) is 5.92 Å². The molecule has 150 valence electrons. The van der Waals surface area contributed by atoms with Gasteiger partial charge in [-0.15, -0.1) is 5.10 Å².